The van der Waals surface area contributed by atoms with Gasteiger partial charge in [-0.15, -0.1) is 6.58 Å². The molecule has 2 heteroatoms. The monoisotopic (exact) mass is 306 g/mol. The first-order valence-electron chi connectivity index (χ1n) is 9.51. The quantitative estimate of drug-likeness (QED) is 0.448. The van der Waals surface area contributed by atoms with Crippen LogP contribution in [0.15, 0.2) is 12.7 Å². The molecular weight excluding hydrogens is 272 g/mol. The lowest BCUT2D eigenvalue weighted by molar-refractivity contribution is -0.149. The molecule has 0 bridgehead atoms. The predicted octanol–water partition coefficient (Wildman–Crippen LogP) is 5.66. The van der Waals surface area contributed by atoms with Gasteiger partial charge in [0.05, 0.1) is 6.42 Å². The second-order valence-electron chi connectivity index (χ2n) is 7.50. The summed E-state index contributed by atoms with van der Waals surface area (Å²) in [6.45, 7) is 5.92. The van der Waals surface area contributed by atoms with E-state index < -0.39 is 0 Å². The first-order valence-corrected chi connectivity index (χ1v) is 9.51. The molecule has 126 valence electrons. The molecule has 0 N–H and O–H groups in total. The molecule has 0 spiro atoms. The van der Waals surface area contributed by atoms with Gasteiger partial charge in [-0.05, 0) is 43.4 Å². The molecule has 0 heterocycles. The fourth-order valence-electron chi connectivity index (χ4n) is 4.29. The topological polar surface area (TPSA) is 26.3 Å². The van der Waals surface area contributed by atoms with Gasteiger partial charge in [0.25, 0.3) is 0 Å². The molecule has 0 aromatic heterocycles. The third-order valence-corrected chi connectivity index (χ3v) is 5.93. The average molecular weight is 306 g/mol. The van der Waals surface area contributed by atoms with E-state index in [4.69, 9.17) is 4.74 Å². The van der Waals surface area contributed by atoms with Gasteiger partial charge in [-0.3, -0.25) is 4.79 Å². The summed E-state index contributed by atoms with van der Waals surface area (Å²) in [4.78, 5) is 11.5. The Morgan fingerprint density at radius 1 is 0.955 bits per heavy atom. The second kappa shape index (κ2) is 9.37. The minimum absolute atomic E-state index is 0.105. The van der Waals surface area contributed by atoms with Gasteiger partial charge in [0, 0.05) is 0 Å². The number of esters is 1. The zero-order valence-electron chi connectivity index (χ0n) is 14.4. The Morgan fingerprint density at radius 2 is 1.45 bits per heavy atom. The van der Waals surface area contributed by atoms with E-state index in [1.165, 1.54) is 57.8 Å². The summed E-state index contributed by atoms with van der Waals surface area (Å²) in [7, 11) is 0. The molecule has 2 aliphatic rings. The van der Waals surface area contributed by atoms with Crippen molar-refractivity contribution in [3.8, 4) is 0 Å². The van der Waals surface area contributed by atoms with Gasteiger partial charge in [-0.25, -0.2) is 0 Å². The molecular formula is C20H34O2. The number of carbonyl (C=O) groups excluding carboxylic acids is 1. The van der Waals surface area contributed by atoms with Crippen LogP contribution in [0.25, 0.3) is 0 Å². The number of hydrogen-bond acceptors (Lipinski definition) is 2. The van der Waals surface area contributed by atoms with E-state index in [1.807, 2.05) is 0 Å². The molecule has 0 amide bonds. The van der Waals surface area contributed by atoms with E-state index in [0.717, 1.165) is 30.6 Å². The maximum absolute atomic E-state index is 11.5. The lowest BCUT2D eigenvalue weighted by Gasteiger charge is -2.31. The summed E-state index contributed by atoms with van der Waals surface area (Å²) in [5.74, 6) is 2.77. The second-order valence-corrected chi connectivity index (χ2v) is 7.50. The summed E-state index contributed by atoms with van der Waals surface area (Å²) < 4.78 is 5.49. The van der Waals surface area contributed by atoms with Crippen molar-refractivity contribution in [2.75, 3.05) is 0 Å². The molecule has 0 aliphatic heterocycles. The highest BCUT2D eigenvalue weighted by Gasteiger charge is 2.25. The first-order chi connectivity index (χ1) is 10.7. The number of carbonyl (C=O) groups is 1. The van der Waals surface area contributed by atoms with E-state index >= 15 is 0 Å². The number of hydrogen-bond donors (Lipinski definition) is 0. The molecule has 0 atom stereocenters. The van der Waals surface area contributed by atoms with Crippen molar-refractivity contribution in [2.45, 2.75) is 90.1 Å². The maximum Gasteiger partial charge on any atom is 0.309 e. The van der Waals surface area contributed by atoms with Gasteiger partial charge in [0.15, 0.2) is 0 Å². The molecule has 22 heavy (non-hydrogen) atoms. The smallest absolute Gasteiger partial charge is 0.309 e. The summed E-state index contributed by atoms with van der Waals surface area (Å²) in [6.07, 6.45) is 16.8. The molecule has 0 unspecified atom stereocenters. The predicted molar refractivity (Wildman–Crippen MR) is 91.6 cm³/mol. The Balaban J connectivity index is 1.58. The van der Waals surface area contributed by atoms with E-state index in [0.29, 0.717) is 6.42 Å². The third-order valence-electron chi connectivity index (χ3n) is 5.93. The lowest BCUT2D eigenvalue weighted by Crippen LogP contribution is -2.24. The normalized spacial score (nSPS) is 32.4. The van der Waals surface area contributed by atoms with Gasteiger partial charge in [0.1, 0.15) is 6.10 Å². The molecule has 2 aliphatic carbocycles. The van der Waals surface area contributed by atoms with E-state index in [2.05, 4.69) is 13.5 Å². The van der Waals surface area contributed by atoms with Gasteiger partial charge in [0.2, 0.25) is 0 Å². The van der Waals surface area contributed by atoms with Gasteiger partial charge >= 0.3 is 5.97 Å². The Bertz CT molecular complexity index is 334. The molecule has 2 saturated carbocycles. The Kier molecular flexibility index (Phi) is 7.48. The van der Waals surface area contributed by atoms with Gasteiger partial charge in [-0.2, -0.15) is 0 Å². The van der Waals surface area contributed by atoms with Crippen molar-refractivity contribution in [1.29, 1.82) is 0 Å². The van der Waals surface area contributed by atoms with Crippen LogP contribution in [0.4, 0.5) is 0 Å². The Labute approximate surface area is 136 Å². The van der Waals surface area contributed by atoms with Crippen molar-refractivity contribution in [1.82, 2.24) is 0 Å². The van der Waals surface area contributed by atoms with E-state index in [9.17, 15) is 4.79 Å². The first kappa shape index (κ1) is 17.6. The largest absolute Gasteiger partial charge is 0.462 e. The van der Waals surface area contributed by atoms with Crippen LogP contribution in [0.5, 0.6) is 0 Å². The van der Waals surface area contributed by atoms with Crippen LogP contribution in [0.1, 0.15) is 84.0 Å². The Hall–Kier alpha value is -0.790. The molecule has 0 aromatic rings. The molecule has 0 aromatic carbocycles. The van der Waals surface area contributed by atoms with Crippen molar-refractivity contribution in [3.63, 3.8) is 0 Å². The van der Waals surface area contributed by atoms with Crippen molar-refractivity contribution in [2.24, 2.45) is 17.8 Å². The summed E-state index contributed by atoms with van der Waals surface area (Å²) in [5, 5.41) is 0. The van der Waals surface area contributed by atoms with Gasteiger partial charge < -0.3 is 4.74 Å². The summed E-state index contributed by atoms with van der Waals surface area (Å²) in [5.41, 5.74) is 0. The van der Waals surface area contributed by atoms with Crippen LogP contribution >= 0.6 is 0 Å². The van der Waals surface area contributed by atoms with Crippen LogP contribution in [0.2, 0.25) is 0 Å². The van der Waals surface area contributed by atoms with E-state index in [-0.39, 0.29) is 12.1 Å². The zero-order valence-corrected chi connectivity index (χ0v) is 14.4. The Morgan fingerprint density at radius 3 is 1.95 bits per heavy atom. The van der Waals surface area contributed by atoms with Crippen molar-refractivity contribution in [3.05, 3.63) is 12.7 Å². The number of ether oxygens (including phenoxy) is 1. The fraction of sp³-hybridized carbons (Fsp3) is 0.850. The summed E-state index contributed by atoms with van der Waals surface area (Å²) >= 11 is 0. The fourth-order valence-corrected chi connectivity index (χ4v) is 4.29. The molecule has 2 fully saturated rings. The highest BCUT2D eigenvalue weighted by molar-refractivity contribution is 5.71. The summed E-state index contributed by atoms with van der Waals surface area (Å²) in [6, 6.07) is 0. The van der Waals surface area contributed by atoms with Crippen LogP contribution < -0.4 is 0 Å². The van der Waals surface area contributed by atoms with Crippen LogP contribution in [0.3, 0.4) is 0 Å². The lowest BCUT2D eigenvalue weighted by atomic mass is 9.76. The van der Waals surface area contributed by atoms with Gasteiger partial charge in [-0.1, -0.05) is 57.9 Å². The molecule has 0 saturated heterocycles. The van der Waals surface area contributed by atoms with Crippen molar-refractivity contribution >= 4 is 5.97 Å². The SMILES string of the molecule is C=CCC(=O)O[C@H]1CC[C@H](CC[C@H]2CC[C@H](CC)CC2)CC1. The van der Waals surface area contributed by atoms with Crippen LogP contribution in [-0.2, 0) is 9.53 Å². The average Bonchev–Trinajstić information content (AvgIpc) is 2.55. The molecule has 2 nitrogen and oxygen atoms in total. The van der Waals surface area contributed by atoms with Crippen LogP contribution in [-0.4, -0.2) is 12.1 Å². The van der Waals surface area contributed by atoms with E-state index in [1.54, 1.807) is 6.08 Å². The third kappa shape index (κ3) is 5.78. The minimum Gasteiger partial charge on any atom is -0.462 e. The zero-order chi connectivity index (χ0) is 15.8. The van der Waals surface area contributed by atoms with Crippen molar-refractivity contribution < 1.29 is 9.53 Å². The standard InChI is InChI=1S/C20H34O2/c1-3-5-20(21)22-19-14-12-18(13-15-19)11-10-17-8-6-16(4-2)7-9-17/h3,16-19H,1,4-15H2,2H3/t16-,17-,18-,19-. The molecule has 2 rings (SSSR count). The highest BCUT2D eigenvalue weighted by Crippen LogP contribution is 2.36. The molecule has 0 radical (unpaired) electrons. The minimum atomic E-state index is -0.105. The number of rotatable bonds is 7. The van der Waals surface area contributed by atoms with Crippen LogP contribution in [0, 0.1) is 17.8 Å². The highest BCUT2D eigenvalue weighted by atomic mass is 16.5. The maximum atomic E-state index is 11.5.